The van der Waals surface area contributed by atoms with Crippen molar-refractivity contribution in [3.8, 4) is 0 Å². The average Bonchev–Trinajstić information content (AvgIpc) is 2.47. The van der Waals surface area contributed by atoms with Gasteiger partial charge >= 0.3 is 0 Å². The molecule has 1 aromatic carbocycles. The third kappa shape index (κ3) is 1.56. The molecule has 0 fully saturated rings. The molecule has 0 bridgehead atoms. The lowest BCUT2D eigenvalue weighted by Gasteiger charge is -2.01. The topological polar surface area (TPSA) is 12.9 Å². The Morgan fingerprint density at radius 1 is 1.46 bits per heavy atom. The van der Waals surface area contributed by atoms with Gasteiger partial charge in [-0.3, -0.25) is 0 Å². The number of thiazole rings is 1. The van der Waals surface area contributed by atoms with Gasteiger partial charge < -0.3 is 0 Å². The molecule has 68 valence electrons. The molecule has 0 saturated heterocycles. The number of halogens is 1. The molecule has 13 heavy (non-hydrogen) atoms. The number of aromatic nitrogens is 1. The van der Waals surface area contributed by atoms with Gasteiger partial charge in [-0.2, -0.15) is 0 Å². The van der Waals surface area contributed by atoms with E-state index in [0.717, 1.165) is 5.52 Å². The van der Waals surface area contributed by atoms with Crippen LogP contribution < -0.4 is 0 Å². The summed E-state index contributed by atoms with van der Waals surface area (Å²) in [4.78, 5) is 5.56. The van der Waals surface area contributed by atoms with Crippen LogP contribution in [0.5, 0.6) is 0 Å². The van der Waals surface area contributed by atoms with Crippen molar-refractivity contribution in [2.75, 3.05) is 6.26 Å². The maximum atomic E-state index is 5.85. The van der Waals surface area contributed by atoms with Gasteiger partial charge in [0.05, 0.1) is 10.2 Å². The molecule has 2 aromatic rings. The normalized spacial score (nSPS) is 11.0. The number of hydrogen-bond acceptors (Lipinski definition) is 3. The third-order valence-corrected chi connectivity index (χ3v) is 3.97. The van der Waals surface area contributed by atoms with E-state index in [4.69, 9.17) is 11.6 Å². The zero-order valence-corrected chi connectivity index (χ0v) is 9.69. The predicted molar refractivity (Wildman–Crippen MR) is 61.1 cm³/mol. The molecule has 4 heteroatoms. The number of fused-ring (bicyclic) bond motifs is 1. The molecule has 0 aliphatic carbocycles. The first kappa shape index (κ1) is 9.31. The highest BCUT2D eigenvalue weighted by Gasteiger charge is 2.07. The Kier molecular flexibility index (Phi) is 2.49. The van der Waals surface area contributed by atoms with Gasteiger partial charge in [0.15, 0.2) is 4.47 Å². The van der Waals surface area contributed by atoms with Gasteiger partial charge in [-0.1, -0.05) is 11.6 Å². The molecule has 0 N–H and O–H groups in total. The van der Waals surface area contributed by atoms with Gasteiger partial charge in [-0.15, -0.1) is 23.1 Å². The molecule has 1 aromatic heterocycles. The van der Waals surface area contributed by atoms with Crippen molar-refractivity contribution in [3.05, 3.63) is 22.2 Å². The summed E-state index contributed by atoms with van der Waals surface area (Å²) >= 11 is 9.12. The third-order valence-electron chi connectivity index (χ3n) is 1.96. The number of hydrogen-bond donors (Lipinski definition) is 0. The lowest BCUT2D eigenvalue weighted by molar-refractivity contribution is 1.31. The Morgan fingerprint density at radius 2 is 2.23 bits per heavy atom. The Labute approximate surface area is 90.1 Å². The van der Waals surface area contributed by atoms with Crippen LogP contribution in [0.25, 0.3) is 10.2 Å². The van der Waals surface area contributed by atoms with Crippen LogP contribution in [-0.4, -0.2) is 11.2 Å². The molecule has 1 nitrogen and oxygen atoms in total. The summed E-state index contributed by atoms with van der Waals surface area (Å²) < 4.78 is 1.79. The maximum absolute atomic E-state index is 5.85. The highest BCUT2D eigenvalue weighted by atomic mass is 35.5. The monoisotopic (exact) mass is 229 g/mol. The molecule has 0 radical (unpaired) electrons. The minimum Gasteiger partial charge on any atom is -0.225 e. The van der Waals surface area contributed by atoms with Crippen molar-refractivity contribution < 1.29 is 0 Å². The van der Waals surface area contributed by atoms with Crippen LogP contribution in [0.15, 0.2) is 17.0 Å². The predicted octanol–water partition coefficient (Wildman–Crippen LogP) is 3.98. The lowest BCUT2D eigenvalue weighted by Crippen LogP contribution is -1.80. The first-order chi connectivity index (χ1) is 6.22. The van der Waals surface area contributed by atoms with E-state index in [2.05, 4.69) is 30.3 Å². The average molecular weight is 230 g/mol. The summed E-state index contributed by atoms with van der Waals surface area (Å²) in [5.41, 5.74) is 2.27. The first-order valence-electron chi connectivity index (χ1n) is 3.82. The van der Waals surface area contributed by atoms with Gasteiger partial charge in [-0.05, 0) is 30.9 Å². The van der Waals surface area contributed by atoms with Gasteiger partial charge in [0.2, 0.25) is 0 Å². The molecule has 0 unspecified atom stereocenters. The minimum absolute atomic E-state index is 0.622. The van der Waals surface area contributed by atoms with Crippen LogP contribution in [-0.2, 0) is 0 Å². The maximum Gasteiger partial charge on any atom is 0.184 e. The minimum atomic E-state index is 0.622. The summed E-state index contributed by atoms with van der Waals surface area (Å²) in [6.07, 6.45) is 2.07. The van der Waals surface area contributed by atoms with Gasteiger partial charge in [0.25, 0.3) is 0 Å². The summed E-state index contributed by atoms with van der Waals surface area (Å²) in [6, 6.07) is 4.20. The van der Waals surface area contributed by atoms with Crippen molar-refractivity contribution in [2.45, 2.75) is 11.8 Å². The van der Waals surface area contributed by atoms with E-state index in [9.17, 15) is 0 Å². The molecule has 0 spiro atoms. The second kappa shape index (κ2) is 3.48. The quantitative estimate of drug-likeness (QED) is 0.686. The SMILES string of the molecule is CSc1ccc2sc(Cl)nc2c1C. The standard InChI is InChI=1S/C9H8ClNS2/c1-5-6(12-2)3-4-7-8(5)11-9(10)13-7/h3-4H,1-2H3. The van der Waals surface area contributed by atoms with Gasteiger partial charge in [-0.25, -0.2) is 4.98 Å². The Hall–Kier alpha value is -0.250. The van der Waals surface area contributed by atoms with Crippen LogP contribution in [0, 0.1) is 6.92 Å². The van der Waals surface area contributed by atoms with Crippen molar-refractivity contribution in [2.24, 2.45) is 0 Å². The second-order valence-corrected chi connectivity index (χ2v) is 5.17. The number of aryl methyl sites for hydroxylation is 1. The second-order valence-electron chi connectivity index (χ2n) is 2.71. The van der Waals surface area contributed by atoms with Crippen molar-refractivity contribution in [1.82, 2.24) is 4.98 Å². The Balaban J connectivity index is 2.78. The zero-order valence-electron chi connectivity index (χ0n) is 7.30. The number of nitrogens with zero attached hydrogens (tertiary/aromatic N) is 1. The van der Waals surface area contributed by atoms with Crippen molar-refractivity contribution in [1.29, 1.82) is 0 Å². The van der Waals surface area contributed by atoms with Crippen LogP contribution in [0.3, 0.4) is 0 Å². The fourth-order valence-electron chi connectivity index (χ4n) is 1.30. The first-order valence-corrected chi connectivity index (χ1v) is 6.24. The molecule has 1 heterocycles. The Morgan fingerprint density at radius 3 is 2.92 bits per heavy atom. The van der Waals surface area contributed by atoms with Crippen molar-refractivity contribution in [3.63, 3.8) is 0 Å². The zero-order chi connectivity index (χ0) is 9.42. The van der Waals surface area contributed by atoms with Crippen LogP contribution in [0.4, 0.5) is 0 Å². The summed E-state index contributed by atoms with van der Waals surface area (Å²) in [5, 5.41) is 0. The summed E-state index contributed by atoms with van der Waals surface area (Å²) in [5.74, 6) is 0. The van der Waals surface area contributed by atoms with Gasteiger partial charge in [0, 0.05) is 4.90 Å². The van der Waals surface area contributed by atoms with E-state index in [-0.39, 0.29) is 0 Å². The largest absolute Gasteiger partial charge is 0.225 e. The van der Waals surface area contributed by atoms with E-state index in [1.807, 2.05) is 0 Å². The highest BCUT2D eigenvalue weighted by molar-refractivity contribution is 7.98. The smallest absolute Gasteiger partial charge is 0.184 e. The van der Waals surface area contributed by atoms with E-state index >= 15 is 0 Å². The number of benzene rings is 1. The highest BCUT2D eigenvalue weighted by Crippen LogP contribution is 2.32. The fraction of sp³-hybridized carbons (Fsp3) is 0.222. The summed E-state index contributed by atoms with van der Waals surface area (Å²) in [7, 11) is 0. The molecule has 0 amide bonds. The molecular weight excluding hydrogens is 222 g/mol. The number of thioether (sulfide) groups is 1. The van der Waals surface area contributed by atoms with E-state index < -0.39 is 0 Å². The molecule has 0 aliphatic rings. The molecule has 0 saturated carbocycles. The van der Waals surface area contributed by atoms with E-state index in [1.54, 1.807) is 11.8 Å². The van der Waals surface area contributed by atoms with Crippen LogP contribution in [0.1, 0.15) is 5.56 Å². The van der Waals surface area contributed by atoms with E-state index in [1.165, 1.54) is 26.5 Å². The van der Waals surface area contributed by atoms with Crippen LogP contribution >= 0.6 is 34.7 Å². The molecule has 0 aliphatic heterocycles. The Bertz CT molecular complexity index is 450. The summed E-state index contributed by atoms with van der Waals surface area (Å²) in [6.45, 7) is 2.09. The fourth-order valence-corrected chi connectivity index (χ4v) is 2.99. The molecule has 0 atom stereocenters. The number of rotatable bonds is 1. The lowest BCUT2D eigenvalue weighted by atomic mass is 10.2. The molecular formula is C9H8ClNS2. The van der Waals surface area contributed by atoms with Gasteiger partial charge in [0.1, 0.15) is 0 Å². The molecule has 2 rings (SSSR count). The van der Waals surface area contributed by atoms with Crippen LogP contribution in [0.2, 0.25) is 4.47 Å². The van der Waals surface area contributed by atoms with Crippen molar-refractivity contribution >= 4 is 44.9 Å². The van der Waals surface area contributed by atoms with E-state index in [0.29, 0.717) is 4.47 Å².